The summed E-state index contributed by atoms with van der Waals surface area (Å²) in [5.41, 5.74) is 3.45. The maximum absolute atomic E-state index is 12.2. The molecule has 0 amide bonds. The molecule has 4 rings (SSSR count). The van der Waals surface area contributed by atoms with Crippen molar-refractivity contribution < 1.29 is 8.42 Å². The molecule has 0 radical (unpaired) electrons. The maximum Gasteiger partial charge on any atom is 0.303 e. The molecule has 3 aromatic rings. The van der Waals surface area contributed by atoms with Gasteiger partial charge in [-0.05, 0) is 24.5 Å². The van der Waals surface area contributed by atoms with E-state index in [1.807, 2.05) is 18.2 Å². The van der Waals surface area contributed by atoms with Crippen LogP contribution in [0.2, 0.25) is 0 Å². The van der Waals surface area contributed by atoms with Crippen molar-refractivity contribution in [1.29, 1.82) is 0 Å². The summed E-state index contributed by atoms with van der Waals surface area (Å²) in [5.74, 6) is 0.582. The third-order valence-corrected chi connectivity index (χ3v) is 6.46. The van der Waals surface area contributed by atoms with Crippen LogP contribution in [0.1, 0.15) is 35.2 Å². The number of nitrogens with one attached hydrogen (secondary N) is 2. The number of anilines is 2. The number of fused-ring (bicyclic) bond motifs is 1. The monoisotopic (exact) mass is 412 g/mol. The van der Waals surface area contributed by atoms with E-state index < -0.39 is 10.2 Å². The number of aromatic nitrogens is 3. The Balaban J connectivity index is 1.73. The van der Waals surface area contributed by atoms with Gasteiger partial charge in [-0.1, -0.05) is 60.2 Å². The molecule has 0 spiro atoms. The van der Waals surface area contributed by atoms with Gasteiger partial charge in [0.2, 0.25) is 5.95 Å². The van der Waals surface area contributed by atoms with Gasteiger partial charge < -0.3 is 5.32 Å². The predicted molar refractivity (Wildman–Crippen MR) is 113 cm³/mol. The summed E-state index contributed by atoms with van der Waals surface area (Å²) in [6.45, 7) is 2.06. The third kappa shape index (κ3) is 3.96. The number of nitrogens with zero attached hydrogens (tertiary/aromatic N) is 4. The average molecular weight is 413 g/mol. The first-order chi connectivity index (χ1) is 13.8. The fourth-order valence-electron chi connectivity index (χ4n) is 3.40. The van der Waals surface area contributed by atoms with Gasteiger partial charge in [0.05, 0.1) is 12.1 Å². The summed E-state index contributed by atoms with van der Waals surface area (Å²) in [5, 5.41) is 7.85. The van der Waals surface area contributed by atoms with Gasteiger partial charge in [0.1, 0.15) is 0 Å². The van der Waals surface area contributed by atoms with Crippen molar-refractivity contribution in [2.75, 3.05) is 24.1 Å². The minimum atomic E-state index is -3.69. The zero-order valence-electron chi connectivity index (χ0n) is 16.6. The Kier molecular flexibility index (Phi) is 5.01. The number of aryl methyl sites for hydroxylation is 1. The van der Waals surface area contributed by atoms with E-state index >= 15 is 0 Å². The fraction of sp³-hybridized carbons (Fsp3) is 0.300. The van der Waals surface area contributed by atoms with Crippen molar-refractivity contribution in [1.82, 2.24) is 19.1 Å². The highest BCUT2D eigenvalue weighted by atomic mass is 32.2. The molecule has 2 aromatic carbocycles. The lowest BCUT2D eigenvalue weighted by Crippen LogP contribution is -2.29. The normalized spacial score (nSPS) is 18.9. The zero-order chi connectivity index (χ0) is 20.6. The van der Waals surface area contributed by atoms with Crippen LogP contribution in [0.15, 0.2) is 54.6 Å². The van der Waals surface area contributed by atoms with Crippen molar-refractivity contribution >= 4 is 22.1 Å². The van der Waals surface area contributed by atoms with E-state index in [4.69, 9.17) is 0 Å². The van der Waals surface area contributed by atoms with Crippen LogP contribution in [0.25, 0.3) is 0 Å². The van der Waals surface area contributed by atoms with Gasteiger partial charge in [0.25, 0.3) is 5.95 Å². The molecule has 2 heterocycles. The van der Waals surface area contributed by atoms with Gasteiger partial charge in [0, 0.05) is 14.1 Å². The Labute approximate surface area is 170 Å². The smallest absolute Gasteiger partial charge is 0.303 e. The average Bonchev–Trinajstić information content (AvgIpc) is 3.10. The molecule has 0 bridgehead atoms. The molecule has 0 aliphatic carbocycles. The quantitative estimate of drug-likeness (QED) is 0.672. The van der Waals surface area contributed by atoms with E-state index in [1.54, 1.807) is 4.68 Å². The highest BCUT2D eigenvalue weighted by Gasteiger charge is 2.31. The molecule has 2 atom stereocenters. The SMILES string of the molecule is Cc1ccc([C@H]2C[C@@H](c3ccccc3)n3nc(NS(=O)(=O)N(C)C)nc3N2)cc1. The highest BCUT2D eigenvalue weighted by Crippen LogP contribution is 2.38. The van der Waals surface area contributed by atoms with E-state index in [2.05, 4.69) is 63.4 Å². The van der Waals surface area contributed by atoms with Gasteiger partial charge in [0.15, 0.2) is 0 Å². The molecule has 29 heavy (non-hydrogen) atoms. The molecule has 1 aliphatic heterocycles. The Hall–Kier alpha value is -2.91. The lowest BCUT2D eigenvalue weighted by molar-refractivity contribution is 0.431. The molecular formula is C20H24N6O2S. The largest absolute Gasteiger partial charge is 0.347 e. The van der Waals surface area contributed by atoms with Crippen LogP contribution < -0.4 is 10.0 Å². The molecule has 8 nitrogen and oxygen atoms in total. The first-order valence-corrected chi connectivity index (χ1v) is 10.8. The first kappa shape index (κ1) is 19.4. The van der Waals surface area contributed by atoms with Crippen molar-refractivity contribution in [2.24, 2.45) is 0 Å². The maximum atomic E-state index is 12.2. The van der Waals surface area contributed by atoms with Crippen LogP contribution >= 0.6 is 0 Å². The molecule has 152 valence electrons. The minimum absolute atomic E-state index is 0.0378. The summed E-state index contributed by atoms with van der Waals surface area (Å²) in [6.07, 6.45) is 0.767. The van der Waals surface area contributed by atoms with Gasteiger partial charge in [-0.15, -0.1) is 5.10 Å². The Morgan fingerprint density at radius 3 is 2.41 bits per heavy atom. The zero-order valence-corrected chi connectivity index (χ0v) is 17.4. The number of rotatable bonds is 5. The van der Waals surface area contributed by atoms with Crippen LogP contribution in [-0.4, -0.2) is 41.6 Å². The molecule has 1 aromatic heterocycles. The molecule has 1 aliphatic rings. The van der Waals surface area contributed by atoms with Gasteiger partial charge >= 0.3 is 10.2 Å². The second kappa shape index (κ2) is 7.49. The van der Waals surface area contributed by atoms with Crippen molar-refractivity contribution in [3.05, 3.63) is 71.3 Å². The minimum Gasteiger partial charge on any atom is -0.347 e. The van der Waals surface area contributed by atoms with Crippen molar-refractivity contribution in [2.45, 2.75) is 25.4 Å². The van der Waals surface area contributed by atoms with Gasteiger partial charge in [-0.25, -0.2) is 9.40 Å². The summed E-state index contributed by atoms with van der Waals surface area (Å²) < 4.78 is 29.6. The van der Waals surface area contributed by atoms with Crippen LogP contribution in [-0.2, 0) is 10.2 Å². The standard InChI is InChI=1S/C20H24N6O2S/c1-14-9-11-15(12-10-14)17-13-18(16-7-5-4-6-8-16)26-20(21-17)22-19(23-26)24-29(27,28)25(2)3/h4-12,17-18H,13H2,1-3H3,(H2,21,22,23,24)/t17-,18+/m1/s1. The summed E-state index contributed by atoms with van der Waals surface area (Å²) in [4.78, 5) is 4.41. The third-order valence-electron chi connectivity index (χ3n) is 5.05. The van der Waals surface area contributed by atoms with E-state index in [0.717, 1.165) is 21.9 Å². The molecule has 0 fully saturated rings. The molecule has 9 heteroatoms. The Morgan fingerprint density at radius 1 is 1.07 bits per heavy atom. The number of benzene rings is 2. The summed E-state index contributed by atoms with van der Waals surface area (Å²) in [6, 6.07) is 18.4. The van der Waals surface area contributed by atoms with Crippen molar-refractivity contribution in [3.8, 4) is 0 Å². The molecular weight excluding hydrogens is 388 g/mol. The van der Waals surface area contributed by atoms with E-state index in [1.165, 1.54) is 19.7 Å². The number of hydrogen-bond acceptors (Lipinski definition) is 5. The highest BCUT2D eigenvalue weighted by molar-refractivity contribution is 7.90. The second-order valence-electron chi connectivity index (χ2n) is 7.36. The van der Waals surface area contributed by atoms with E-state index in [0.29, 0.717) is 5.95 Å². The topological polar surface area (TPSA) is 92.2 Å². The van der Waals surface area contributed by atoms with Crippen LogP contribution in [0, 0.1) is 6.92 Å². The van der Waals surface area contributed by atoms with Gasteiger partial charge in [-0.2, -0.15) is 17.7 Å². The molecule has 2 N–H and O–H groups in total. The predicted octanol–water partition coefficient (Wildman–Crippen LogP) is 2.95. The van der Waals surface area contributed by atoms with E-state index in [9.17, 15) is 8.42 Å². The fourth-order valence-corrected chi connectivity index (χ4v) is 3.90. The molecule has 0 unspecified atom stereocenters. The Morgan fingerprint density at radius 2 is 1.76 bits per heavy atom. The lowest BCUT2D eigenvalue weighted by atomic mass is 9.93. The second-order valence-corrected chi connectivity index (χ2v) is 9.25. The van der Waals surface area contributed by atoms with Crippen molar-refractivity contribution in [3.63, 3.8) is 0 Å². The van der Waals surface area contributed by atoms with Crippen LogP contribution in [0.5, 0.6) is 0 Å². The lowest BCUT2D eigenvalue weighted by Gasteiger charge is -2.31. The summed E-state index contributed by atoms with van der Waals surface area (Å²) >= 11 is 0. The Bertz CT molecular complexity index is 1090. The summed E-state index contributed by atoms with van der Waals surface area (Å²) in [7, 11) is -0.776. The van der Waals surface area contributed by atoms with Gasteiger partial charge in [-0.3, -0.25) is 0 Å². The number of hydrogen-bond donors (Lipinski definition) is 2. The van der Waals surface area contributed by atoms with E-state index in [-0.39, 0.29) is 18.0 Å². The van der Waals surface area contributed by atoms with Crippen LogP contribution in [0.4, 0.5) is 11.9 Å². The molecule has 0 saturated heterocycles. The van der Waals surface area contributed by atoms with Crippen LogP contribution in [0.3, 0.4) is 0 Å². The first-order valence-electron chi connectivity index (χ1n) is 9.38. The molecule has 0 saturated carbocycles.